The van der Waals surface area contributed by atoms with E-state index in [0.717, 1.165) is 17.1 Å². The molecule has 1 aromatic rings. The highest BCUT2D eigenvalue weighted by molar-refractivity contribution is 5.80. The molecule has 1 heterocycles. The summed E-state index contributed by atoms with van der Waals surface area (Å²) in [6.45, 7) is 8.11. The maximum atomic E-state index is 8.43. The van der Waals surface area contributed by atoms with Gasteiger partial charge in [-0.3, -0.25) is 0 Å². The molecule has 0 aromatic carbocycles. The standard InChI is InChI=1S/C11H17N3O/c1-8-9(7-12-15)5-6-10(13-8)14-11(2,3)4/h5-7,15H,1-4H3,(H,13,14)/b12-7-. The second kappa shape index (κ2) is 4.29. The van der Waals surface area contributed by atoms with Crippen molar-refractivity contribution in [1.29, 1.82) is 0 Å². The van der Waals surface area contributed by atoms with Crippen molar-refractivity contribution >= 4 is 12.0 Å². The van der Waals surface area contributed by atoms with Crippen LogP contribution in [-0.2, 0) is 0 Å². The van der Waals surface area contributed by atoms with Gasteiger partial charge < -0.3 is 10.5 Å². The molecule has 0 bridgehead atoms. The Bertz CT molecular complexity index is 367. The number of pyridine rings is 1. The van der Waals surface area contributed by atoms with Gasteiger partial charge >= 0.3 is 0 Å². The van der Waals surface area contributed by atoms with Crippen molar-refractivity contribution in [1.82, 2.24) is 4.98 Å². The monoisotopic (exact) mass is 207 g/mol. The first kappa shape index (κ1) is 11.5. The summed E-state index contributed by atoms with van der Waals surface area (Å²) in [6.07, 6.45) is 1.38. The van der Waals surface area contributed by atoms with Crippen LogP contribution in [0.5, 0.6) is 0 Å². The van der Waals surface area contributed by atoms with Crippen molar-refractivity contribution in [3.8, 4) is 0 Å². The summed E-state index contributed by atoms with van der Waals surface area (Å²) in [4.78, 5) is 4.36. The molecule has 15 heavy (non-hydrogen) atoms. The first-order valence-corrected chi connectivity index (χ1v) is 4.85. The highest BCUT2D eigenvalue weighted by atomic mass is 16.4. The van der Waals surface area contributed by atoms with Gasteiger partial charge in [-0.05, 0) is 39.8 Å². The second-order valence-corrected chi connectivity index (χ2v) is 4.49. The smallest absolute Gasteiger partial charge is 0.126 e. The lowest BCUT2D eigenvalue weighted by Crippen LogP contribution is -2.26. The number of hydrogen-bond acceptors (Lipinski definition) is 4. The van der Waals surface area contributed by atoms with Gasteiger partial charge in [-0.25, -0.2) is 4.98 Å². The molecule has 0 radical (unpaired) electrons. The third kappa shape index (κ3) is 3.58. The van der Waals surface area contributed by atoms with Crippen molar-refractivity contribution in [2.75, 3.05) is 5.32 Å². The Balaban J connectivity index is 2.92. The molecule has 2 N–H and O–H groups in total. The largest absolute Gasteiger partial charge is 0.411 e. The number of rotatable bonds is 2. The number of anilines is 1. The molecule has 0 spiro atoms. The molecular formula is C11H17N3O. The zero-order chi connectivity index (χ0) is 11.5. The van der Waals surface area contributed by atoms with Gasteiger partial charge in [-0.1, -0.05) is 5.16 Å². The highest BCUT2D eigenvalue weighted by Crippen LogP contribution is 2.14. The van der Waals surface area contributed by atoms with Crippen LogP contribution in [-0.4, -0.2) is 21.9 Å². The average molecular weight is 207 g/mol. The molecule has 1 aromatic heterocycles. The lowest BCUT2D eigenvalue weighted by atomic mass is 10.1. The quantitative estimate of drug-likeness (QED) is 0.445. The first-order chi connectivity index (χ1) is 6.92. The Morgan fingerprint density at radius 2 is 2.07 bits per heavy atom. The molecule has 4 heteroatoms. The van der Waals surface area contributed by atoms with Crippen LogP contribution in [0.1, 0.15) is 32.0 Å². The van der Waals surface area contributed by atoms with Crippen molar-refractivity contribution in [2.45, 2.75) is 33.2 Å². The van der Waals surface area contributed by atoms with E-state index in [-0.39, 0.29) is 5.54 Å². The molecule has 0 saturated heterocycles. The van der Waals surface area contributed by atoms with E-state index in [9.17, 15) is 0 Å². The molecule has 0 fully saturated rings. The van der Waals surface area contributed by atoms with Gasteiger partial charge in [-0.15, -0.1) is 0 Å². The van der Waals surface area contributed by atoms with Crippen LogP contribution < -0.4 is 5.32 Å². The van der Waals surface area contributed by atoms with Gasteiger partial charge in [0.25, 0.3) is 0 Å². The van der Waals surface area contributed by atoms with E-state index in [1.165, 1.54) is 6.21 Å². The normalized spacial score (nSPS) is 12.0. The molecule has 0 aliphatic rings. The average Bonchev–Trinajstić information content (AvgIpc) is 2.07. The van der Waals surface area contributed by atoms with Crippen LogP contribution in [0.25, 0.3) is 0 Å². The van der Waals surface area contributed by atoms with Crippen LogP contribution in [0.3, 0.4) is 0 Å². The Labute approximate surface area is 90.0 Å². The lowest BCUT2D eigenvalue weighted by Gasteiger charge is -2.21. The highest BCUT2D eigenvalue weighted by Gasteiger charge is 2.10. The number of oxime groups is 1. The lowest BCUT2D eigenvalue weighted by molar-refractivity contribution is 0.322. The molecule has 82 valence electrons. The SMILES string of the molecule is Cc1nc(NC(C)(C)C)ccc1/C=N\O. The number of aromatic nitrogens is 1. The van der Waals surface area contributed by atoms with Gasteiger partial charge in [-0.2, -0.15) is 0 Å². The predicted octanol–water partition coefficient (Wildman–Crippen LogP) is 2.41. The predicted molar refractivity (Wildman–Crippen MR) is 61.7 cm³/mol. The number of nitrogens with one attached hydrogen (secondary N) is 1. The Kier molecular flexibility index (Phi) is 3.29. The summed E-state index contributed by atoms with van der Waals surface area (Å²) in [5, 5.41) is 14.7. The fourth-order valence-corrected chi connectivity index (χ4v) is 1.22. The van der Waals surface area contributed by atoms with Gasteiger partial charge in [0.2, 0.25) is 0 Å². The third-order valence-electron chi connectivity index (χ3n) is 1.83. The van der Waals surface area contributed by atoms with Crippen LogP contribution in [0.15, 0.2) is 17.3 Å². The summed E-state index contributed by atoms with van der Waals surface area (Å²) < 4.78 is 0. The second-order valence-electron chi connectivity index (χ2n) is 4.49. The van der Waals surface area contributed by atoms with E-state index in [1.807, 2.05) is 19.1 Å². The van der Waals surface area contributed by atoms with E-state index < -0.39 is 0 Å². The minimum Gasteiger partial charge on any atom is -0.411 e. The van der Waals surface area contributed by atoms with Crippen LogP contribution in [0.2, 0.25) is 0 Å². The fraction of sp³-hybridized carbons (Fsp3) is 0.455. The summed E-state index contributed by atoms with van der Waals surface area (Å²) in [6, 6.07) is 3.74. The Morgan fingerprint density at radius 3 is 2.53 bits per heavy atom. The van der Waals surface area contributed by atoms with Crippen molar-refractivity contribution in [3.63, 3.8) is 0 Å². The molecular weight excluding hydrogens is 190 g/mol. The summed E-state index contributed by atoms with van der Waals surface area (Å²) in [5.41, 5.74) is 1.64. The van der Waals surface area contributed by atoms with E-state index >= 15 is 0 Å². The molecule has 0 amide bonds. The van der Waals surface area contributed by atoms with Crippen LogP contribution in [0, 0.1) is 6.92 Å². The molecule has 0 unspecified atom stereocenters. The van der Waals surface area contributed by atoms with Crippen molar-refractivity contribution in [2.24, 2.45) is 5.16 Å². The molecule has 1 rings (SSSR count). The topological polar surface area (TPSA) is 57.5 Å². The molecule has 0 aliphatic carbocycles. The molecule has 4 nitrogen and oxygen atoms in total. The Hall–Kier alpha value is -1.58. The maximum absolute atomic E-state index is 8.43. The van der Waals surface area contributed by atoms with E-state index in [2.05, 4.69) is 36.2 Å². The van der Waals surface area contributed by atoms with E-state index in [4.69, 9.17) is 5.21 Å². The van der Waals surface area contributed by atoms with E-state index in [1.54, 1.807) is 0 Å². The van der Waals surface area contributed by atoms with Crippen molar-refractivity contribution < 1.29 is 5.21 Å². The minimum atomic E-state index is -0.00791. The zero-order valence-corrected chi connectivity index (χ0v) is 9.57. The minimum absolute atomic E-state index is 0.00791. The molecule has 0 aliphatic heterocycles. The number of hydrogen-bond donors (Lipinski definition) is 2. The summed E-state index contributed by atoms with van der Waals surface area (Å²) in [7, 11) is 0. The zero-order valence-electron chi connectivity index (χ0n) is 9.57. The first-order valence-electron chi connectivity index (χ1n) is 4.85. The third-order valence-corrected chi connectivity index (χ3v) is 1.83. The van der Waals surface area contributed by atoms with Gasteiger partial charge in [0.15, 0.2) is 0 Å². The van der Waals surface area contributed by atoms with Gasteiger partial charge in [0.05, 0.1) is 6.21 Å². The van der Waals surface area contributed by atoms with E-state index in [0.29, 0.717) is 0 Å². The van der Waals surface area contributed by atoms with Gasteiger partial charge in [0.1, 0.15) is 5.82 Å². The number of aryl methyl sites for hydroxylation is 1. The molecule has 0 atom stereocenters. The molecule has 0 saturated carbocycles. The Morgan fingerprint density at radius 1 is 1.40 bits per heavy atom. The number of nitrogens with zero attached hydrogens (tertiary/aromatic N) is 2. The van der Waals surface area contributed by atoms with Crippen LogP contribution >= 0.6 is 0 Å². The van der Waals surface area contributed by atoms with Crippen LogP contribution in [0.4, 0.5) is 5.82 Å². The summed E-state index contributed by atoms with van der Waals surface area (Å²) >= 11 is 0. The fourth-order valence-electron chi connectivity index (χ4n) is 1.22. The summed E-state index contributed by atoms with van der Waals surface area (Å²) in [5.74, 6) is 0.829. The van der Waals surface area contributed by atoms with Gasteiger partial charge in [0, 0.05) is 16.8 Å². The maximum Gasteiger partial charge on any atom is 0.126 e. The van der Waals surface area contributed by atoms with Crippen molar-refractivity contribution in [3.05, 3.63) is 23.4 Å².